The van der Waals surface area contributed by atoms with E-state index in [1.165, 1.54) is 0 Å². The van der Waals surface area contributed by atoms with Crippen molar-refractivity contribution >= 4 is 6.29 Å². The van der Waals surface area contributed by atoms with Gasteiger partial charge in [0.15, 0.2) is 0 Å². The molecular formula is C8H8N2O. The SMILES string of the molecule is O=CC1(c2cnccn2)CC1. The van der Waals surface area contributed by atoms with E-state index in [9.17, 15) is 4.79 Å². The number of aromatic nitrogens is 2. The average molecular weight is 148 g/mol. The topological polar surface area (TPSA) is 42.9 Å². The second-order valence-corrected chi connectivity index (χ2v) is 2.86. The molecule has 1 heterocycles. The highest BCUT2D eigenvalue weighted by molar-refractivity contribution is 5.71. The number of carbonyl (C=O) groups is 1. The molecule has 0 aliphatic heterocycles. The first-order chi connectivity index (χ1) is 5.37. The summed E-state index contributed by atoms with van der Waals surface area (Å²) in [5.74, 6) is 0. The summed E-state index contributed by atoms with van der Waals surface area (Å²) in [6.07, 6.45) is 7.74. The molecule has 0 amide bonds. The van der Waals surface area contributed by atoms with Gasteiger partial charge in [0, 0.05) is 18.6 Å². The molecule has 56 valence electrons. The molecule has 0 spiro atoms. The number of hydrogen-bond donors (Lipinski definition) is 0. The number of carbonyl (C=O) groups excluding carboxylic acids is 1. The molecule has 1 aliphatic carbocycles. The van der Waals surface area contributed by atoms with Crippen molar-refractivity contribution in [2.75, 3.05) is 0 Å². The third-order valence-electron chi connectivity index (χ3n) is 2.09. The van der Waals surface area contributed by atoms with Crippen LogP contribution in [0.5, 0.6) is 0 Å². The average Bonchev–Trinajstić information content (AvgIpc) is 2.86. The van der Waals surface area contributed by atoms with Gasteiger partial charge >= 0.3 is 0 Å². The predicted octanol–water partition coefficient (Wildman–Crippen LogP) is 0.707. The van der Waals surface area contributed by atoms with Crippen molar-refractivity contribution in [3.05, 3.63) is 24.3 Å². The fourth-order valence-corrected chi connectivity index (χ4v) is 1.13. The highest BCUT2D eigenvalue weighted by atomic mass is 16.1. The van der Waals surface area contributed by atoms with Gasteiger partial charge in [-0.2, -0.15) is 0 Å². The maximum Gasteiger partial charge on any atom is 0.132 e. The van der Waals surface area contributed by atoms with Crippen molar-refractivity contribution in [3.63, 3.8) is 0 Å². The van der Waals surface area contributed by atoms with Crippen LogP contribution in [0.4, 0.5) is 0 Å². The minimum Gasteiger partial charge on any atom is -0.302 e. The van der Waals surface area contributed by atoms with Crippen LogP contribution in [0.15, 0.2) is 18.6 Å². The summed E-state index contributed by atoms with van der Waals surface area (Å²) >= 11 is 0. The minimum atomic E-state index is -0.270. The Labute approximate surface area is 64.5 Å². The standard InChI is InChI=1S/C8H8N2O/c11-6-8(1-2-8)7-5-9-3-4-10-7/h3-6H,1-2H2. The predicted molar refractivity (Wildman–Crippen MR) is 39.0 cm³/mol. The van der Waals surface area contributed by atoms with Crippen LogP contribution >= 0.6 is 0 Å². The van der Waals surface area contributed by atoms with Crippen LogP contribution in [-0.4, -0.2) is 16.3 Å². The highest BCUT2D eigenvalue weighted by Gasteiger charge is 2.45. The largest absolute Gasteiger partial charge is 0.302 e. The Morgan fingerprint density at radius 1 is 1.45 bits per heavy atom. The van der Waals surface area contributed by atoms with E-state index >= 15 is 0 Å². The van der Waals surface area contributed by atoms with Crippen LogP contribution < -0.4 is 0 Å². The van der Waals surface area contributed by atoms with Gasteiger partial charge in [0.05, 0.1) is 11.1 Å². The molecule has 1 aromatic heterocycles. The summed E-state index contributed by atoms with van der Waals surface area (Å²) in [5.41, 5.74) is 0.545. The second-order valence-electron chi connectivity index (χ2n) is 2.86. The maximum atomic E-state index is 10.6. The molecule has 3 nitrogen and oxygen atoms in total. The molecule has 1 aromatic rings. The smallest absolute Gasteiger partial charge is 0.132 e. The summed E-state index contributed by atoms with van der Waals surface area (Å²) in [5, 5.41) is 0. The zero-order chi connectivity index (χ0) is 7.73. The normalized spacial score (nSPS) is 19.3. The molecule has 0 atom stereocenters. The number of rotatable bonds is 2. The monoisotopic (exact) mass is 148 g/mol. The molecule has 11 heavy (non-hydrogen) atoms. The van der Waals surface area contributed by atoms with Crippen LogP contribution in [0.3, 0.4) is 0 Å². The van der Waals surface area contributed by atoms with Gasteiger partial charge in [0.1, 0.15) is 6.29 Å². The molecule has 0 saturated heterocycles. The van der Waals surface area contributed by atoms with E-state index in [1.807, 2.05) is 0 Å². The Balaban J connectivity index is 2.37. The molecule has 0 bridgehead atoms. The first-order valence-electron chi connectivity index (χ1n) is 3.60. The van der Waals surface area contributed by atoms with Gasteiger partial charge < -0.3 is 4.79 Å². The van der Waals surface area contributed by atoms with Gasteiger partial charge in [-0.15, -0.1) is 0 Å². The fraction of sp³-hybridized carbons (Fsp3) is 0.375. The van der Waals surface area contributed by atoms with Crippen LogP contribution in [-0.2, 0) is 10.2 Å². The van der Waals surface area contributed by atoms with E-state index in [4.69, 9.17) is 0 Å². The molecule has 1 fully saturated rings. The zero-order valence-corrected chi connectivity index (χ0v) is 6.03. The van der Waals surface area contributed by atoms with E-state index < -0.39 is 0 Å². The third kappa shape index (κ3) is 0.926. The van der Waals surface area contributed by atoms with E-state index in [1.54, 1.807) is 18.6 Å². The number of aldehydes is 1. The van der Waals surface area contributed by atoms with Crippen molar-refractivity contribution in [1.82, 2.24) is 9.97 Å². The minimum absolute atomic E-state index is 0.270. The molecular weight excluding hydrogens is 140 g/mol. The Morgan fingerprint density at radius 2 is 2.27 bits per heavy atom. The Bertz CT molecular complexity index is 267. The lowest BCUT2D eigenvalue weighted by Gasteiger charge is -2.02. The molecule has 0 N–H and O–H groups in total. The van der Waals surface area contributed by atoms with Crippen LogP contribution in [0.1, 0.15) is 18.5 Å². The van der Waals surface area contributed by atoms with Crippen LogP contribution in [0.25, 0.3) is 0 Å². The summed E-state index contributed by atoms with van der Waals surface area (Å²) in [6, 6.07) is 0. The lowest BCUT2D eigenvalue weighted by molar-refractivity contribution is -0.109. The van der Waals surface area contributed by atoms with Crippen LogP contribution in [0.2, 0.25) is 0 Å². The van der Waals surface area contributed by atoms with Crippen molar-refractivity contribution in [2.24, 2.45) is 0 Å². The Kier molecular flexibility index (Phi) is 1.24. The zero-order valence-electron chi connectivity index (χ0n) is 6.03. The fourth-order valence-electron chi connectivity index (χ4n) is 1.13. The quantitative estimate of drug-likeness (QED) is 0.580. The molecule has 1 aliphatic rings. The van der Waals surface area contributed by atoms with E-state index in [0.717, 1.165) is 24.8 Å². The molecule has 0 unspecified atom stereocenters. The molecule has 1 saturated carbocycles. The van der Waals surface area contributed by atoms with Crippen molar-refractivity contribution in [2.45, 2.75) is 18.3 Å². The van der Waals surface area contributed by atoms with Crippen molar-refractivity contribution < 1.29 is 4.79 Å². The third-order valence-corrected chi connectivity index (χ3v) is 2.09. The number of nitrogens with zero attached hydrogens (tertiary/aromatic N) is 2. The molecule has 3 heteroatoms. The van der Waals surface area contributed by atoms with E-state index in [0.29, 0.717) is 0 Å². The van der Waals surface area contributed by atoms with Gasteiger partial charge in [-0.3, -0.25) is 9.97 Å². The van der Waals surface area contributed by atoms with Gasteiger partial charge in [-0.1, -0.05) is 0 Å². The van der Waals surface area contributed by atoms with E-state index in [-0.39, 0.29) is 5.41 Å². The Morgan fingerprint density at radius 3 is 2.73 bits per heavy atom. The van der Waals surface area contributed by atoms with Gasteiger partial charge in [-0.25, -0.2) is 0 Å². The molecule has 0 aromatic carbocycles. The Hall–Kier alpha value is -1.25. The van der Waals surface area contributed by atoms with Crippen molar-refractivity contribution in [3.8, 4) is 0 Å². The van der Waals surface area contributed by atoms with Gasteiger partial charge in [0.2, 0.25) is 0 Å². The summed E-state index contributed by atoms with van der Waals surface area (Å²) in [6.45, 7) is 0. The first-order valence-corrected chi connectivity index (χ1v) is 3.60. The summed E-state index contributed by atoms with van der Waals surface area (Å²) in [7, 11) is 0. The maximum absolute atomic E-state index is 10.6. The lowest BCUT2D eigenvalue weighted by Crippen LogP contribution is -2.09. The summed E-state index contributed by atoms with van der Waals surface area (Å²) in [4.78, 5) is 18.6. The summed E-state index contributed by atoms with van der Waals surface area (Å²) < 4.78 is 0. The van der Waals surface area contributed by atoms with Gasteiger partial charge in [-0.05, 0) is 12.8 Å². The van der Waals surface area contributed by atoms with Gasteiger partial charge in [0.25, 0.3) is 0 Å². The van der Waals surface area contributed by atoms with E-state index in [2.05, 4.69) is 9.97 Å². The molecule has 2 rings (SSSR count). The lowest BCUT2D eigenvalue weighted by atomic mass is 10.1. The molecule has 0 radical (unpaired) electrons. The van der Waals surface area contributed by atoms with Crippen LogP contribution in [0, 0.1) is 0 Å². The second kappa shape index (κ2) is 2.12. The highest BCUT2D eigenvalue weighted by Crippen LogP contribution is 2.44. The first kappa shape index (κ1) is 6.46. The van der Waals surface area contributed by atoms with Crippen molar-refractivity contribution in [1.29, 1.82) is 0 Å². The number of hydrogen-bond acceptors (Lipinski definition) is 3.